The van der Waals surface area contributed by atoms with Gasteiger partial charge >= 0.3 is 0 Å². The fraction of sp³-hybridized carbons (Fsp3) is 0.273. The summed E-state index contributed by atoms with van der Waals surface area (Å²) in [4.78, 5) is 15.4. The van der Waals surface area contributed by atoms with E-state index in [0.29, 0.717) is 0 Å². The Morgan fingerprint density at radius 2 is 1.47 bits per heavy atom. The molecule has 0 saturated heterocycles. The second kappa shape index (κ2) is 8.56. The summed E-state index contributed by atoms with van der Waals surface area (Å²) in [5.74, 6) is 1.68. The average Bonchev–Trinajstić information content (AvgIpc) is 3.46. The fourth-order valence-electron chi connectivity index (χ4n) is 3.34. The topological polar surface area (TPSA) is 121 Å². The smallest absolute Gasteiger partial charge is 0.123 e. The van der Waals surface area contributed by atoms with Crippen LogP contribution >= 0.6 is 0 Å². The van der Waals surface area contributed by atoms with Crippen LogP contribution in [-0.2, 0) is 0 Å². The first-order valence-corrected chi connectivity index (χ1v) is 10.1. The van der Waals surface area contributed by atoms with Gasteiger partial charge in [0.25, 0.3) is 0 Å². The minimum atomic E-state index is -0.121. The Bertz CT molecular complexity index is 1090. The van der Waals surface area contributed by atoms with Gasteiger partial charge in [-0.3, -0.25) is 0 Å². The van der Waals surface area contributed by atoms with Crippen molar-refractivity contribution in [1.82, 2.24) is 35.5 Å². The standard InChI is InChI=1S/C22H26N8/c1-4-16(24-3)22-26-12-20(28-22)18-10-9-17(29-30-18)14-5-7-15(8-6-14)19-11-25-21(27-19)13(2)23/h5-13,16,24H,4,23H2,1-3H3,(H,25,27)(H,26,28)/t13-,16-/m0/s1. The lowest BCUT2D eigenvalue weighted by Crippen LogP contribution is -2.16. The molecule has 30 heavy (non-hydrogen) atoms. The average molecular weight is 403 g/mol. The second-order valence-corrected chi connectivity index (χ2v) is 7.28. The highest BCUT2D eigenvalue weighted by molar-refractivity contribution is 5.67. The maximum absolute atomic E-state index is 5.87. The lowest BCUT2D eigenvalue weighted by molar-refractivity contribution is 0.549. The Hall–Kier alpha value is -3.36. The van der Waals surface area contributed by atoms with E-state index in [4.69, 9.17) is 5.73 Å². The van der Waals surface area contributed by atoms with Gasteiger partial charge in [-0.05, 0) is 38.1 Å². The highest BCUT2D eigenvalue weighted by Gasteiger charge is 2.13. The Morgan fingerprint density at radius 1 is 0.867 bits per heavy atom. The van der Waals surface area contributed by atoms with Crippen molar-refractivity contribution in [3.63, 3.8) is 0 Å². The Morgan fingerprint density at radius 3 is 2.07 bits per heavy atom. The number of aromatic amines is 2. The third-order valence-electron chi connectivity index (χ3n) is 5.14. The maximum atomic E-state index is 5.87. The fourth-order valence-corrected chi connectivity index (χ4v) is 3.34. The second-order valence-electron chi connectivity index (χ2n) is 7.28. The number of rotatable bonds is 7. The number of imidazole rings is 2. The highest BCUT2D eigenvalue weighted by atomic mass is 15.1. The van der Waals surface area contributed by atoms with Gasteiger partial charge in [0, 0.05) is 5.56 Å². The van der Waals surface area contributed by atoms with E-state index in [9.17, 15) is 0 Å². The van der Waals surface area contributed by atoms with Gasteiger partial charge in [0.15, 0.2) is 0 Å². The van der Waals surface area contributed by atoms with Crippen LogP contribution in [0.15, 0.2) is 48.8 Å². The van der Waals surface area contributed by atoms with Crippen molar-refractivity contribution in [3.8, 4) is 33.9 Å². The molecule has 8 nitrogen and oxygen atoms in total. The van der Waals surface area contributed by atoms with Crippen LogP contribution in [0.3, 0.4) is 0 Å². The van der Waals surface area contributed by atoms with Crippen molar-refractivity contribution >= 4 is 0 Å². The van der Waals surface area contributed by atoms with Crippen LogP contribution in [0.25, 0.3) is 33.9 Å². The number of benzene rings is 1. The lowest BCUT2D eigenvalue weighted by atomic mass is 10.1. The first kappa shape index (κ1) is 19.9. The van der Waals surface area contributed by atoms with E-state index in [-0.39, 0.29) is 12.1 Å². The van der Waals surface area contributed by atoms with Crippen molar-refractivity contribution in [2.75, 3.05) is 7.05 Å². The van der Waals surface area contributed by atoms with Gasteiger partial charge in [0.1, 0.15) is 17.3 Å². The van der Waals surface area contributed by atoms with Crippen LogP contribution < -0.4 is 11.1 Å². The molecule has 0 saturated carbocycles. The Balaban J connectivity index is 1.51. The Kier molecular flexibility index (Phi) is 5.69. The summed E-state index contributed by atoms with van der Waals surface area (Å²) in [5, 5.41) is 12.0. The van der Waals surface area contributed by atoms with Gasteiger partial charge < -0.3 is 21.0 Å². The summed E-state index contributed by atoms with van der Waals surface area (Å²) in [5.41, 5.74) is 11.3. The normalized spacial score (nSPS) is 13.3. The van der Waals surface area contributed by atoms with Gasteiger partial charge in [-0.15, -0.1) is 10.2 Å². The highest BCUT2D eigenvalue weighted by Crippen LogP contribution is 2.25. The molecule has 0 amide bonds. The quantitative estimate of drug-likeness (QED) is 0.375. The van der Waals surface area contributed by atoms with Crippen LogP contribution in [-0.4, -0.2) is 37.2 Å². The van der Waals surface area contributed by atoms with E-state index in [1.54, 1.807) is 12.4 Å². The minimum absolute atomic E-state index is 0.121. The molecule has 1 aromatic carbocycles. The molecule has 0 radical (unpaired) electrons. The zero-order chi connectivity index (χ0) is 21.1. The summed E-state index contributed by atoms with van der Waals surface area (Å²) < 4.78 is 0. The minimum Gasteiger partial charge on any atom is -0.341 e. The van der Waals surface area contributed by atoms with E-state index in [2.05, 4.69) is 42.4 Å². The summed E-state index contributed by atoms with van der Waals surface area (Å²) in [7, 11) is 1.93. The number of nitrogens with zero attached hydrogens (tertiary/aromatic N) is 4. The number of H-pyrrole nitrogens is 2. The predicted octanol–water partition coefficient (Wildman–Crippen LogP) is 3.61. The van der Waals surface area contributed by atoms with Gasteiger partial charge in [-0.25, -0.2) is 9.97 Å². The molecular formula is C22H26N8. The third-order valence-corrected chi connectivity index (χ3v) is 5.14. The van der Waals surface area contributed by atoms with Crippen molar-refractivity contribution in [1.29, 1.82) is 0 Å². The number of nitrogens with one attached hydrogen (secondary N) is 3. The molecule has 3 aromatic heterocycles. The van der Waals surface area contributed by atoms with E-state index in [1.807, 2.05) is 50.4 Å². The number of nitrogens with two attached hydrogens (primary N) is 1. The van der Waals surface area contributed by atoms with Crippen molar-refractivity contribution in [3.05, 3.63) is 60.4 Å². The molecule has 8 heteroatoms. The Labute approximate surface area is 175 Å². The number of aromatic nitrogens is 6. The van der Waals surface area contributed by atoms with Crippen molar-refractivity contribution < 1.29 is 0 Å². The van der Waals surface area contributed by atoms with E-state index in [1.165, 1.54) is 0 Å². The molecule has 0 aliphatic rings. The van der Waals surface area contributed by atoms with Gasteiger partial charge in [0.05, 0.1) is 41.6 Å². The molecular weight excluding hydrogens is 376 g/mol. The zero-order valence-electron chi connectivity index (χ0n) is 17.3. The molecule has 0 aliphatic heterocycles. The molecule has 0 fully saturated rings. The first-order valence-electron chi connectivity index (χ1n) is 10.1. The molecule has 154 valence electrons. The zero-order valence-corrected chi connectivity index (χ0v) is 17.3. The van der Waals surface area contributed by atoms with Gasteiger partial charge in [-0.2, -0.15) is 0 Å². The molecule has 2 atom stereocenters. The molecule has 4 aromatic rings. The van der Waals surface area contributed by atoms with E-state index in [0.717, 1.165) is 52.0 Å². The summed E-state index contributed by atoms with van der Waals surface area (Å²) in [6, 6.07) is 12.1. The van der Waals surface area contributed by atoms with Crippen LogP contribution in [0.1, 0.15) is 44.0 Å². The van der Waals surface area contributed by atoms with Gasteiger partial charge in [-0.1, -0.05) is 31.2 Å². The number of hydrogen-bond donors (Lipinski definition) is 4. The lowest BCUT2D eigenvalue weighted by Gasteiger charge is -2.09. The maximum Gasteiger partial charge on any atom is 0.123 e. The summed E-state index contributed by atoms with van der Waals surface area (Å²) in [6.45, 7) is 4.02. The summed E-state index contributed by atoms with van der Waals surface area (Å²) in [6.07, 6.45) is 4.56. The predicted molar refractivity (Wildman–Crippen MR) is 117 cm³/mol. The monoisotopic (exact) mass is 402 g/mol. The molecule has 0 spiro atoms. The molecule has 4 rings (SSSR count). The molecule has 3 heterocycles. The van der Waals surface area contributed by atoms with Crippen LogP contribution in [0.2, 0.25) is 0 Å². The largest absolute Gasteiger partial charge is 0.341 e. The summed E-state index contributed by atoms with van der Waals surface area (Å²) >= 11 is 0. The van der Waals surface area contributed by atoms with Crippen LogP contribution in [0.5, 0.6) is 0 Å². The van der Waals surface area contributed by atoms with E-state index >= 15 is 0 Å². The van der Waals surface area contributed by atoms with Crippen molar-refractivity contribution in [2.24, 2.45) is 5.73 Å². The van der Waals surface area contributed by atoms with Crippen LogP contribution in [0.4, 0.5) is 0 Å². The molecule has 0 unspecified atom stereocenters. The molecule has 5 N–H and O–H groups in total. The van der Waals surface area contributed by atoms with Gasteiger partial charge in [0.2, 0.25) is 0 Å². The van der Waals surface area contributed by atoms with Crippen molar-refractivity contribution in [2.45, 2.75) is 32.4 Å². The number of hydrogen-bond acceptors (Lipinski definition) is 6. The molecule has 0 bridgehead atoms. The SMILES string of the molecule is CC[C@H](NC)c1ncc(-c2ccc(-c3ccc(-c4cnc([C@H](C)N)[nH]4)cc3)nn2)[nH]1. The molecule has 0 aliphatic carbocycles. The van der Waals surface area contributed by atoms with E-state index < -0.39 is 0 Å². The van der Waals surface area contributed by atoms with Crippen LogP contribution in [0, 0.1) is 0 Å². The third kappa shape index (κ3) is 4.00. The first-order chi connectivity index (χ1) is 14.6.